The minimum atomic E-state index is -3.07. The van der Waals surface area contributed by atoms with Gasteiger partial charge in [-0.1, -0.05) is 76.4 Å². The first-order valence-electron chi connectivity index (χ1n) is 13.6. The Morgan fingerprint density at radius 2 is 1.90 bits per heavy atom. The van der Waals surface area contributed by atoms with E-state index in [9.17, 15) is 13.6 Å². The molecule has 2 aromatic carbocycles. The number of terminal acetylenes is 1. The molecule has 0 saturated heterocycles. The Kier molecular flexibility index (Phi) is 10.1. The number of halogens is 2. The van der Waals surface area contributed by atoms with Crippen LogP contribution in [0.4, 0.5) is 8.78 Å². The summed E-state index contributed by atoms with van der Waals surface area (Å²) in [5.74, 6) is 0.782. The quantitative estimate of drug-likeness (QED) is 0.264. The lowest BCUT2D eigenvalue weighted by atomic mass is 9.81. The Morgan fingerprint density at radius 3 is 2.55 bits per heavy atom. The molecule has 0 spiro atoms. The van der Waals surface area contributed by atoms with Crippen LogP contribution in [0.5, 0.6) is 0 Å². The van der Waals surface area contributed by atoms with E-state index in [1.165, 1.54) is 23.3 Å². The van der Waals surface area contributed by atoms with Crippen molar-refractivity contribution in [3.05, 3.63) is 94.7 Å². The number of hydrogen-bond donors (Lipinski definition) is 0. The van der Waals surface area contributed by atoms with E-state index in [-0.39, 0.29) is 18.9 Å². The number of carbonyl (C=O) groups excluding carboxylic acids is 1. The lowest BCUT2D eigenvalue weighted by Crippen LogP contribution is -2.51. The summed E-state index contributed by atoms with van der Waals surface area (Å²) in [6.45, 7) is 11.0. The molecule has 40 heavy (non-hydrogen) atoms. The number of carbonyl (C=O) groups is 1. The van der Waals surface area contributed by atoms with Gasteiger partial charge in [0.1, 0.15) is 0 Å². The average Bonchev–Trinajstić information content (AvgIpc) is 3.42. The van der Waals surface area contributed by atoms with Gasteiger partial charge >= 0.3 is 0 Å². The number of amides is 1. The topological polar surface area (TPSA) is 35.9 Å². The van der Waals surface area contributed by atoms with Crippen molar-refractivity contribution in [3.63, 3.8) is 0 Å². The second kappa shape index (κ2) is 13.1. The van der Waals surface area contributed by atoms with E-state index < -0.39 is 5.92 Å². The number of alkyl halides is 2. The normalized spacial score (nSPS) is 18.2. The number of hydrogen-bond acceptors (Lipinski definition) is 3. The number of aliphatic imine (C=N–C) groups is 1. The molecule has 3 aliphatic rings. The largest absolute Gasteiger partial charge is 0.314 e. The van der Waals surface area contributed by atoms with E-state index in [1.807, 2.05) is 0 Å². The molecule has 2 aromatic rings. The summed E-state index contributed by atoms with van der Waals surface area (Å²) < 4.78 is 27.9. The Balaban J connectivity index is 0.00000106. The molecular formula is C34H41F2N3O. The molecular weight excluding hydrogens is 504 g/mol. The molecule has 212 valence electrons. The molecule has 0 radical (unpaired) electrons. The molecule has 1 atom stereocenters. The average molecular weight is 546 g/mol. The Morgan fingerprint density at radius 1 is 1.20 bits per heavy atom. The summed E-state index contributed by atoms with van der Waals surface area (Å²) in [6.07, 6.45) is 8.90. The third-order valence-electron chi connectivity index (χ3n) is 7.60. The van der Waals surface area contributed by atoms with Gasteiger partial charge in [0, 0.05) is 23.4 Å². The van der Waals surface area contributed by atoms with Crippen molar-refractivity contribution >= 4 is 11.9 Å². The van der Waals surface area contributed by atoms with E-state index in [0.717, 1.165) is 49.1 Å². The summed E-state index contributed by atoms with van der Waals surface area (Å²) in [5, 5.41) is 0. The molecule has 4 nitrogen and oxygen atoms in total. The first-order chi connectivity index (χ1) is 18.7. The number of nitrogens with zero attached hydrogens (tertiary/aromatic N) is 3. The number of rotatable bonds is 7. The summed E-state index contributed by atoms with van der Waals surface area (Å²) in [7, 11) is 0. The van der Waals surface area contributed by atoms with Crippen molar-refractivity contribution in [2.24, 2.45) is 10.9 Å². The van der Waals surface area contributed by atoms with Gasteiger partial charge < -0.3 is 4.90 Å². The fourth-order valence-electron chi connectivity index (χ4n) is 5.55. The molecule has 0 bridgehead atoms. The Hall–Kier alpha value is -3.72. The van der Waals surface area contributed by atoms with Crippen molar-refractivity contribution < 1.29 is 13.6 Å². The van der Waals surface area contributed by atoms with Gasteiger partial charge in [0.15, 0.2) is 0 Å². The lowest BCUT2D eigenvalue weighted by molar-refractivity contribution is -0.125. The van der Waals surface area contributed by atoms with Crippen LogP contribution in [0.1, 0.15) is 75.6 Å². The molecule has 6 heteroatoms. The van der Waals surface area contributed by atoms with Crippen LogP contribution in [0.15, 0.2) is 77.4 Å². The van der Waals surface area contributed by atoms with Crippen LogP contribution < -0.4 is 0 Å². The van der Waals surface area contributed by atoms with E-state index in [1.54, 1.807) is 24.0 Å². The van der Waals surface area contributed by atoms with Gasteiger partial charge in [0.2, 0.25) is 5.96 Å². The van der Waals surface area contributed by atoms with Crippen molar-refractivity contribution in [1.82, 2.24) is 9.80 Å². The van der Waals surface area contributed by atoms with E-state index in [4.69, 9.17) is 0 Å². The zero-order chi connectivity index (χ0) is 28.2. The van der Waals surface area contributed by atoms with Gasteiger partial charge in [-0.3, -0.25) is 14.7 Å². The summed E-state index contributed by atoms with van der Waals surface area (Å²) in [4.78, 5) is 22.3. The van der Waals surface area contributed by atoms with Crippen molar-refractivity contribution in [2.45, 2.75) is 72.3 Å². The Bertz CT molecular complexity index is 1320. The first-order valence-corrected chi connectivity index (χ1v) is 13.6. The lowest BCUT2D eigenvalue weighted by Gasteiger charge is -2.41. The molecule has 0 fully saturated rings. The third-order valence-corrected chi connectivity index (χ3v) is 7.60. The molecule has 0 saturated carbocycles. The molecule has 5 rings (SSSR count). The predicted octanol–water partition coefficient (Wildman–Crippen LogP) is 7.67. The standard InChI is InChI=1S/C30H33F2N3O.C3H4.CH4/c1-4-30(31,32)25-11-8-21(9-12-25)19-35-28(36)26-18-23(10-13-27(26)34-15-14-33-29(34)35)16-22-6-5-7-24(17-22)20(2)3;1-3-2;/h4-9,11-12,17,20,23H,1,10,13-16,18-19H2,2-3H3;1H,2H3;1H4. The van der Waals surface area contributed by atoms with Gasteiger partial charge in [-0.15, -0.1) is 12.3 Å². The molecule has 1 amide bonds. The second-order valence-electron chi connectivity index (χ2n) is 10.7. The number of benzene rings is 2. The van der Waals surface area contributed by atoms with Gasteiger partial charge in [-0.05, 0) is 67.2 Å². The predicted molar refractivity (Wildman–Crippen MR) is 160 cm³/mol. The van der Waals surface area contributed by atoms with Crippen LogP contribution in [0.25, 0.3) is 0 Å². The first kappa shape index (κ1) is 30.8. The van der Waals surface area contributed by atoms with E-state index in [2.05, 4.69) is 66.9 Å². The maximum Gasteiger partial charge on any atom is 0.291 e. The van der Waals surface area contributed by atoms with E-state index in [0.29, 0.717) is 37.0 Å². The maximum absolute atomic E-state index is 13.9. The van der Waals surface area contributed by atoms with E-state index >= 15 is 0 Å². The highest BCUT2D eigenvalue weighted by atomic mass is 19.3. The fraction of sp³-hybridized carbons (Fsp3) is 0.412. The number of allylic oxidation sites excluding steroid dienone is 2. The zero-order valence-corrected chi connectivity index (χ0v) is 23.1. The van der Waals surface area contributed by atoms with Crippen LogP contribution in [0.3, 0.4) is 0 Å². The third kappa shape index (κ3) is 6.53. The van der Waals surface area contributed by atoms with Crippen LogP contribution in [0, 0.1) is 18.3 Å². The smallest absolute Gasteiger partial charge is 0.291 e. The van der Waals surface area contributed by atoms with Crippen LogP contribution in [-0.2, 0) is 23.7 Å². The van der Waals surface area contributed by atoms with Crippen molar-refractivity contribution in [2.75, 3.05) is 13.1 Å². The van der Waals surface area contributed by atoms with Gasteiger partial charge in [0.05, 0.1) is 13.1 Å². The molecule has 2 heterocycles. The van der Waals surface area contributed by atoms with Crippen LogP contribution >= 0.6 is 0 Å². The summed E-state index contributed by atoms with van der Waals surface area (Å²) in [5.41, 5.74) is 5.38. The maximum atomic E-state index is 13.9. The molecule has 0 aromatic heterocycles. The van der Waals surface area contributed by atoms with Crippen molar-refractivity contribution in [3.8, 4) is 12.3 Å². The molecule has 1 unspecified atom stereocenters. The molecule has 1 aliphatic carbocycles. The fourth-order valence-corrected chi connectivity index (χ4v) is 5.55. The van der Waals surface area contributed by atoms with Gasteiger partial charge in [0.25, 0.3) is 11.8 Å². The molecule has 2 aliphatic heterocycles. The zero-order valence-electron chi connectivity index (χ0n) is 23.1. The molecule has 0 N–H and O–H groups in total. The summed E-state index contributed by atoms with van der Waals surface area (Å²) >= 11 is 0. The van der Waals surface area contributed by atoms with Gasteiger partial charge in [-0.2, -0.15) is 8.78 Å². The van der Waals surface area contributed by atoms with Gasteiger partial charge in [-0.25, -0.2) is 0 Å². The number of fused-ring (bicyclic) bond motifs is 2. The highest BCUT2D eigenvalue weighted by Crippen LogP contribution is 2.39. The highest BCUT2D eigenvalue weighted by Gasteiger charge is 2.41. The minimum absolute atomic E-state index is 0. The number of guanidine groups is 1. The SMILES string of the molecule is C.C#CC.C=CC(F)(F)c1ccc(CN2C(=O)C3=C(CCC(Cc4cccc(C(C)C)c4)C3)N3CCN=C23)cc1. The van der Waals surface area contributed by atoms with Crippen molar-refractivity contribution in [1.29, 1.82) is 0 Å². The highest BCUT2D eigenvalue weighted by molar-refractivity contribution is 6.09. The monoisotopic (exact) mass is 545 g/mol. The minimum Gasteiger partial charge on any atom is -0.314 e. The van der Waals surface area contributed by atoms with Crippen LogP contribution in [0.2, 0.25) is 0 Å². The second-order valence-corrected chi connectivity index (χ2v) is 10.7. The summed E-state index contributed by atoms with van der Waals surface area (Å²) in [6, 6.07) is 14.9. The van der Waals surface area contributed by atoms with Crippen LogP contribution in [-0.4, -0.2) is 34.8 Å². The Labute approximate surface area is 238 Å².